The molecule has 2 unspecified atom stereocenters. The number of hydrogen-bond acceptors (Lipinski definition) is 5. The summed E-state index contributed by atoms with van der Waals surface area (Å²) in [6.45, 7) is 8.55. The molecule has 1 fully saturated rings. The number of aliphatic imine (C=N–C) groups is 1. The molecule has 1 aromatic rings. The van der Waals surface area contributed by atoms with E-state index in [1.54, 1.807) is 0 Å². The molecule has 0 radical (unpaired) electrons. The largest absolute Gasteiger partial charge is 0.494 e. The molecular formula is C21H28N2O3S. The van der Waals surface area contributed by atoms with Crippen LogP contribution >= 0.6 is 11.8 Å². The topological polar surface area (TPSA) is 51.1 Å². The number of unbranched alkanes of at least 4 members (excludes halogenated alkanes) is 2. The summed E-state index contributed by atoms with van der Waals surface area (Å²) in [7, 11) is 0. The first kappa shape index (κ1) is 20.0. The second-order valence-electron chi connectivity index (χ2n) is 7.10. The third kappa shape index (κ3) is 5.59. The normalized spacial score (nSPS) is 24.4. The summed E-state index contributed by atoms with van der Waals surface area (Å²) in [5.74, 6) is 0.702. The van der Waals surface area contributed by atoms with Crippen molar-refractivity contribution in [3.8, 4) is 5.75 Å². The highest BCUT2D eigenvalue weighted by Gasteiger charge is 2.30. The lowest BCUT2D eigenvalue weighted by atomic mass is 10.2. The molecule has 6 heteroatoms. The molecule has 3 rings (SSSR count). The van der Waals surface area contributed by atoms with Crippen LogP contribution in [0.1, 0.15) is 45.6 Å². The number of carbonyl (C=O) groups excluding carboxylic acids is 1. The van der Waals surface area contributed by atoms with Gasteiger partial charge < -0.3 is 14.4 Å². The van der Waals surface area contributed by atoms with E-state index in [9.17, 15) is 4.79 Å². The maximum absolute atomic E-state index is 12.3. The molecule has 2 atom stereocenters. The van der Waals surface area contributed by atoms with E-state index >= 15 is 0 Å². The van der Waals surface area contributed by atoms with Gasteiger partial charge in [0.1, 0.15) is 5.75 Å². The number of carbonyl (C=O) groups is 1. The lowest BCUT2D eigenvalue weighted by molar-refractivity contribution is -0.113. The first-order chi connectivity index (χ1) is 13.0. The van der Waals surface area contributed by atoms with Gasteiger partial charge in [0, 0.05) is 13.1 Å². The zero-order valence-electron chi connectivity index (χ0n) is 16.3. The lowest BCUT2D eigenvalue weighted by Crippen LogP contribution is -2.47. The summed E-state index contributed by atoms with van der Waals surface area (Å²) >= 11 is 1.45. The van der Waals surface area contributed by atoms with E-state index in [4.69, 9.17) is 9.47 Å². The Morgan fingerprint density at radius 2 is 1.93 bits per heavy atom. The van der Waals surface area contributed by atoms with Gasteiger partial charge in [0.25, 0.3) is 5.91 Å². The van der Waals surface area contributed by atoms with Crippen LogP contribution in [0.3, 0.4) is 0 Å². The molecular weight excluding hydrogens is 360 g/mol. The molecule has 2 heterocycles. The van der Waals surface area contributed by atoms with Gasteiger partial charge in [-0.3, -0.25) is 4.79 Å². The minimum absolute atomic E-state index is 0.144. The quantitative estimate of drug-likeness (QED) is 0.536. The third-order valence-corrected chi connectivity index (χ3v) is 5.54. The maximum Gasteiger partial charge on any atom is 0.286 e. The van der Waals surface area contributed by atoms with Gasteiger partial charge in [-0.15, -0.1) is 0 Å². The van der Waals surface area contributed by atoms with E-state index < -0.39 is 0 Å². The Bertz CT molecular complexity index is 705. The van der Waals surface area contributed by atoms with Crippen LogP contribution in [0.15, 0.2) is 34.2 Å². The zero-order chi connectivity index (χ0) is 19.2. The van der Waals surface area contributed by atoms with Crippen LogP contribution in [0.2, 0.25) is 0 Å². The molecule has 27 heavy (non-hydrogen) atoms. The Balaban J connectivity index is 1.59. The fourth-order valence-electron chi connectivity index (χ4n) is 3.22. The van der Waals surface area contributed by atoms with Crippen molar-refractivity contribution in [3.63, 3.8) is 0 Å². The minimum Gasteiger partial charge on any atom is -0.494 e. The average molecular weight is 389 g/mol. The van der Waals surface area contributed by atoms with E-state index in [1.165, 1.54) is 24.6 Å². The van der Waals surface area contributed by atoms with Gasteiger partial charge in [-0.2, -0.15) is 4.99 Å². The molecule has 0 saturated carbocycles. The molecule has 0 spiro atoms. The number of amides is 1. The van der Waals surface area contributed by atoms with Crippen molar-refractivity contribution in [2.24, 2.45) is 4.99 Å². The van der Waals surface area contributed by atoms with Crippen molar-refractivity contribution in [2.75, 3.05) is 19.7 Å². The summed E-state index contributed by atoms with van der Waals surface area (Å²) in [5, 5.41) is 0.782. The van der Waals surface area contributed by atoms with E-state index in [0.29, 0.717) is 4.91 Å². The van der Waals surface area contributed by atoms with Crippen molar-refractivity contribution < 1.29 is 14.3 Å². The molecule has 1 saturated heterocycles. The van der Waals surface area contributed by atoms with Gasteiger partial charge in [-0.1, -0.05) is 31.9 Å². The van der Waals surface area contributed by atoms with Crippen LogP contribution < -0.4 is 4.74 Å². The van der Waals surface area contributed by atoms with Gasteiger partial charge >= 0.3 is 0 Å². The van der Waals surface area contributed by atoms with Crippen LogP contribution in [0, 0.1) is 0 Å². The summed E-state index contributed by atoms with van der Waals surface area (Å²) in [5.41, 5.74) is 0.979. The maximum atomic E-state index is 12.3. The van der Waals surface area contributed by atoms with Crippen LogP contribution in [0.25, 0.3) is 6.08 Å². The number of rotatable bonds is 6. The summed E-state index contributed by atoms with van der Waals surface area (Å²) in [6.07, 6.45) is 5.64. The Morgan fingerprint density at radius 3 is 2.59 bits per heavy atom. The second kappa shape index (κ2) is 9.42. The van der Waals surface area contributed by atoms with Crippen molar-refractivity contribution in [2.45, 2.75) is 52.2 Å². The molecule has 2 aliphatic heterocycles. The molecule has 2 aliphatic rings. The highest BCUT2D eigenvalue weighted by Crippen LogP contribution is 2.31. The summed E-state index contributed by atoms with van der Waals surface area (Å²) in [4.78, 5) is 19.4. The van der Waals surface area contributed by atoms with Gasteiger partial charge in [0.15, 0.2) is 5.17 Å². The Hall–Kier alpha value is -1.79. The van der Waals surface area contributed by atoms with Crippen molar-refractivity contribution in [1.82, 2.24) is 4.90 Å². The number of benzene rings is 1. The fraction of sp³-hybridized carbons (Fsp3) is 0.524. The second-order valence-corrected chi connectivity index (χ2v) is 8.11. The zero-order valence-corrected chi connectivity index (χ0v) is 17.1. The van der Waals surface area contributed by atoms with Crippen molar-refractivity contribution in [1.29, 1.82) is 0 Å². The fourth-order valence-corrected chi connectivity index (χ4v) is 4.15. The van der Waals surface area contributed by atoms with Gasteiger partial charge in [-0.25, -0.2) is 0 Å². The first-order valence-electron chi connectivity index (χ1n) is 9.71. The predicted molar refractivity (Wildman–Crippen MR) is 111 cm³/mol. The minimum atomic E-state index is -0.165. The van der Waals surface area contributed by atoms with Crippen LogP contribution in [-0.2, 0) is 9.53 Å². The van der Waals surface area contributed by atoms with Gasteiger partial charge in [-0.05, 0) is 55.8 Å². The smallest absolute Gasteiger partial charge is 0.286 e. The van der Waals surface area contributed by atoms with Gasteiger partial charge in [0.2, 0.25) is 0 Å². The average Bonchev–Trinajstić information content (AvgIpc) is 3.00. The number of hydrogen-bond donors (Lipinski definition) is 0. The molecule has 5 nitrogen and oxygen atoms in total. The molecule has 0 N–H and O–H groups in total. The Labute approximate surface area is 165 Å². The predicted octanol–water partition coefficient (Wildman–Crippen LogP) is 4.34. The first-order valence-corrected chi connectivity index (χ1v) is 10.5. The SMILES string of the molecule is CCCCCOc1ccc(C=C2SC(N3CC(C)OC(C)C3)=NC2=O)cc1. The van der Waals surface area contributed by atoms with E-state index in [2.05, 4.69) is 16.8 Å². The van der Waals surface area contributed by atoms with Crippen LogP contribution in [0.4, 0.5) is 0 Å². The van der Waals surface area contributed by atoms with Crippen molar-refractivity contribution in [3.05, 3.63) is 34.7 Å². The highest BCUT2D eigenvalue weighted by atomic mass is 32.2. The Kier molecular flexibility index (Phi) is 6.96. The van der Waals surface area contributed by atoms with E-state index in [-0.39, 0.29) is 18.1 Å². The van der Waals surface area contributed by atoms with E-state index in [0.717, 1.165) is 42.6 Å². The van der Waals surface area contributed by atoms with Crippen molar-refractivity contribution >= 4 is 28.9 Å². The highest BCUT2D eigenvalue weighted by molar-refractivity contribution is 8.18. The number of ether oxygens (including phenoxy) is 2. The lowest BCUT2D eigenvalue weighted by Gasteiger charge is -2.35. The molecule has 146 valence electrons. The van der Waals surface area contributed by atoms with Gasteiger partial charge in [0.05, 0.1) is 23.7 Å². The van der Waals surface area contributed by atoms with E-state index in [1.807, 2.05) is 44.2 Å². The summed E-state index contributed by atoms with van der Waals surface area (Å²) in [6, 6.07) is 7.87. The summed E-state index contributed by atoms with van der Waals surface area (Å²) < 4.78 is 11.5. The molecule has 1 amide bonds. The third-order valence-electron chi connectivity index (χ3n) is 4.49. The Morgan fingerprint density at radius 1 is 1.22 bits per heavy atom. The standard InChI is InChI=1S/C21H28N2O3S/c1-4-5-6-11-25-18-9-7-17(8-10-18)12-19-20(24)22-21(27-19)23-13-15(2)26-16(3)14-23/h7-10,12,15-16H,4-6,11,13-14H2,1-3H3. The number of amidine groups is 1. The number of nitrogens with zero attached hydrogens (tertiary/aromatic N) is 2. The van der Waals surface area contributed by atoms with Crippen LogP contribution in [0.5, 0.6) is 5.75 Å². The monoisotopic (exact) mass is 388 g/mol. The molecule has 0 aliphatic carbocycles. The molecule has 0 bridgehead atoms. The number of thioether (sulfide) groups is 1. The number of morpholine rings is 1. The van der Waals surface area contributed by atoms with Crippen LogP contribution in [-0.4, -0.2) is 47.9 Å². The molecule has 1 aromatic carbocycles. The molecule has 0 aromatic heterocycles.